The van der Waals surface area contributed by atoms with Crippen molar-refractivity contribution in [3.05, 3.63) is 69.6 Å². The van der Waals surface area contributed by atoms with Crippen LogP contribution in [0.1, 0.15) is 43.4 Å². The van der Waals surface area contributed by atoms with Crippen molar-refractivity contribution >= 4 is 34.3 Å². The molecule has 2 heterocycles. The van der Waals surface area contributed by atoms with Gasteiger partial charge in [-0.3, -0.25) is 4.79 Å². The topological polar surface area (TPSA) is 103 Å². The Hall–Kier alpha value is -3.46. The molecule has 0 radical (unpaired) electrons. The van der Waals surface area contributed by atoms with Gasteiger partial charge in [0, 0.05) is 29.8 Å². The molecule has 9 heteroatoms. The molecule has 0 unspecified atom stereocenters. The fourth-order valence-electron chi connectivity index (χ4n) is 3.62. The van der Waals surface area contributed by atoms with Crippen LogP contribution in [0.5, 0.6) is 0 Å². The van der Waals surface area contributed by atoms with Crippen LogP contribution in [0.3, 0.4) is 0 Å². The van der Waals surface area contributed by atoms with Gasteiger partial charge in [-0.25, -0.2) is 4.79 Å². The molecule has 0 bridgehead atoms. The summed E-state index contributed by atoms with van der Waals surface area (Å²) in [4.78, 5) is 23.5. The maximum absolute atomic E-state index is 12.2. The zero-order valence-electron chi connectivity index (χ0n) is 18.2. The number of tetrazole rings is 1. The van der Waals surface area contributed by atoms with Crippen LogP contribution in [0.25, 0.3) is 16.7 Å². The van der Waals surface area contributed by atoms with Gasteiger partial charge in [-0.2, -0.15) is 4.68 Å². The molecule has 0 saturated carbocycles. The standard InChI is InChI=1S/C23H23N5O3S/c1-13(2)19-11-20-16(9-22(30)31-21(20)8-14(19)3)12-32-23-25-26-27-28(23)18-7-5-6-17(10-18)24-15(4)29/h5-11,13H,12H2,1-4H3,(H,24,29). The SMILES string of the molecule is CC(=O)Nc1cccc(-n2nnnc2SCc2cc(=O)oc3cc(C)c(C(C)C)cc23)c1. The smallest absolute Gasteiger partial charge is 0.336 e. The highest BCUT2D eigenvalue weighted by Crippen LogP contribution is 2.30. The fraction of sp³-hybridized carbons (Fsp3) is 0.261. The summed E-state index contributed by atoms with van der Waals surface area (Å²) in [6.45, 7) is 7.77. The molecule has 0 aliphatic carbocycles. The Balaban J connectivity index is 1.66. The third-order valence-electron chi connectivity index (χ3n) is 5.05. The summed E-state index contributed by atoms with van der Waals surface area (Å²) in [6, 6.07) is 12.8. The number of thioether (sulfide) groups is 1. The number of anilines is 1. The second kappa shape index (κ2) is 8.96. The van der Waals surface area contributed by atoms with E-state index in [1.54, 1.807) is 16.8 Å². The van der Waals surface area contributed by atoms with E-state index in [0.717, 1.165) is 22.2 Å². The Morgan fingerprint density at radius 3 is 2.78 bits per heavy atom. The first-order valence-corrected chi connectivity index (χ1v) is 11.2. The van der Waals surface area contributed by atoms with Crippen molar-refractivity contribution in [2.45, 2.75) is 44.5 Å². The Morgan fingerprint density at radius 1 is 1.22 bits per heavy atom. The second-order valence-corrected chi connectivity index (χ2v) is 8.79. The van der Waals surface area contributed by atoms with Crippen molar-refractivity contribution < 1.29 is 9.21 Å². The van der Waals surface area contributed by atoms with Crippen molar-refractivity contribution in [1.29, 1.82) is 0 Å². The summed E-state index contributed by atoms with van der Waals surface area (Å²) in [6.07, 6.45) is 0. The maximum atomic E-state index is 12.2. The lowest BCUT2D eigenvalue weighted by atomic mass is 9.95. The number of hydrogen-bond donors (Lipinski definition) is 1. The van der Waals surface area contributed by atoms with Gasteiger partial charge in [-0.1, -0.05) is 31.7 Å². The molecule has 1 N–H and O–H groups in total. The van der Waals surface area contributed by atoms with Crippen molar-refractivity contribution in [2.24, 2.45) is 0 Å². The number of aromatic nitrogens is 4. The number of nitrogens with zero attached hydrogens (tertiary/aromatic N) is 4. The summed E-state index contributed by atoms with van der Waals surface area (Å²) < 4.78 is 7.05. The molecule has 32 heavy (non-hydrogen) atoms. The zero-order valence-corrected chi connectivity index (χ0v) is 19.1. The molecule has 0 atom stereocenters. The summed E-state index contributed by atoms with van der Waals surface area (Å²) in [5, 5.41) is 16.3. The van der Waals surface area contributed by atoms with Crippen molar-refractivity contribution in [1.82, 2.24) is 20.2 Å². The highest BCUT2D eigenvalue weighted by molar-refractivity contribution is 7.98. The van der Waals surface area contributed by atoms with Gasteiger partial charge in [-0.05, 0) is 70.3 Å². The quantitative estimate of drug-likeness (QED) is 0.343. The van der Waals surface area contributed by atoms with Crippen molar-refractivity contribution in [2.75, 3.05) is 5.32 Å². The van der Waals surface area contributed by atoms with Crippen molar-refractivity contribution in [3.63, 3.8) is 0 Å². The molecule has 0 aliphatic heterocycles. The third-order valence-corrected chi connectivity index (χ3v) is 6.02. The van der Waals surface area contributed by atoms with Gasteiger partial charge >= 0.3 is 5.63 Å². The number of nitrogens with one attached hydrogen (secondary N) is 1. The average Bonchev–Trinajstić information content (AvgIpc) is 3.19. The zero-order chi connectivity index (χ0) is 22.8. The predicted octanol–water partition coefficient (Wildman–Crippen LogP) is 4.45. The molecule has 1 amide bonds. The van der Waals surface area contributed by atoms with E-state index in [0.29, 0.717) is 28.1 Å². The van der Waals surface area contributed by atoms with E-state index in [9.17, 15) is 9.59 Å². The first kappa shape index (κ1) is 21.8. The number of aryl methyl sites for hydroxylation is 1. The number of benzene rings is 2. The minimum absolute atomic E-state index is 0.153. The van der Waals surface area contributed by atoms with Gasteiger partial charge in [0.25, 0.3) is 0 Å². The monoisotopic (exact) mass is 449 g/mol. The van der Waals surface area contributed by atoms with Gasteiger partial charge < -0.3 is 9.73 Å². The van der Waals surface area contributed by atoms with E-state index < -0.39 is 0 Å². The Bertz CT molecular complexity index is 1360. The number of carbonyl (C=O) groups is 1. The first-order chi connectivity index (χ1) is 15.3. The minimum Gasteiger partial charge on any atom is -0.423 e. The lowest BCUT2D eigenvalue weighted by molar-refractivity contribution is -0.114. The largest absolute Gasteiger partial charge is 0.423 e. The van der Waals surface area contributed by atoms with Crippen LogP contribution in [0, 0.1) is 6.92 Å². The first-order valence-electron chi connectivity index (χ1n) is 10.2. The van der Waals surface area contributed by atoms with Crippen LogP contribution >= 0.6 is 11.8 Å². The third kappa shape index (κ3) is 4.57. The lowest BCUT2D eigenvalue weighted by Crippen LogP contribution is -2.07. The van der Waals surface area contributed by atoms with Crippen molar-refractivity contribution in [3.8, 4) is 5.69 Å². The number of amides is 1. The highest BCUT2D eigenvalue weighted by atomic mass is 32.2. The Labute approximate surface area is 189 Å². The number of rotatable bonds is 6. The molecule has 2 aromatic carbocycles. The van der Waals surface area contributed by atoms with Crippen LogP contribution in [-0.4, -0.2) is 26.1 Å². The van der Waals surface area contributed by atoms with Gasteiger partial charge in [0.15, 0.2) is 0 Å². The van der Waals surface area contributed by atoms with E-state index >= 15 is 0 Å². The van der Waals surface area contributed by atoms with Gasteiger partial charge in [0.1, 0.15) is 5.58 Å². The molecule has 0 aliphatic rings. The molecule has 4 rings (SSSR count). The normalized spacial score (nSPS) is 11.3. The van der Waals surface area contributed by atoms with E-state index in [-0.39, 0.29) is 11.5 Å². The Morgan fingerprint density at radius 2 is 2.03 bits per heavy atom. The molecular weight excluding hydrogens is 426 g/mol. The van der Waals surface area contributed by atoms with Crippen LogP contribution in [0.4, 0.5) is 5.69 Å². The van der Waals surface area contributed by atoms with Gasteiger partial charge in [0.05, 0.1) is 5.69 Å². The van der Waals surface area contributed by atoms with E-state index in [1.165, 1.54) is 30.3 Å². The van der Waals surface area contributed by atoms with Crippen LogP contribution in [0.2, 0.25) is 0 Å². The summed E-state index contributed by atoms with van der Waals surface area (Å²) >= 11 is 1.42. The van der Waals surface area contributed by atoms with Gasteiger partial charge in [0.2, 0.25) is 11.1 Å². The summed E-state index contributed by atoms with van der Waals surface area (Å²) in [7, 11) is 0. The van der Waals surface area contributed by atoms with E-state index in [1.807, 2.05) is 25.1 Å². The molecule has 0 saturated heterocycles. The highest BCUT2D eigenvalue weighted by Gasteiger charge is 2.14. The molecule has 0 spiro atoms. The summed E-state index contributed by atoms with van der Waals surface area (Å²) in [5.41, 5.74) is 4.76. The molecule has 2 aromatic heterocycles. The number of hydrogen-bond acceptors (Lipinski definition) is 7. The number of carbonyl (C=O) groups excluding carboxylic acids is 1. The Kier molecular flexibility index (Phi) is 6.09. The van der Waals surface area contributed by atoms with Crippen LogP contribution in [-0.2, 0) is 10.5 Å². The summed E-state index contributed by atoms with van der Waals surface area (Å²) in [5.74, 6) is 0.698. The molecule has 0 fully saturated rings. The van der Waals surface area contributed by atoms with E-state index in [2.05, 4.69) is 40.8 Å². The average molecular weight is 450 g/mol. The van der Waals surface area contributed by atoms with E-state index in [4.69, 9.17) is 4.42 Å². The van der Waals surface area contributed by atoms with Crippen LogP contribution < -0.4 is 10.9 Å². The fourth-order valence-corrected chi connectivity index (χ4v) is 4.51. The maximum Gasteiger partial charge on any atom is 0.336 e. The predicted molar refractivity (Wildman–Crippen MR) is 124 cm³/mol. The van der Waals surface area contributed by atoms with Gasteiger partial charge in [-0.15, -0.1) is 5.10 Å². The molecule has 8 nitrogen and oxygen atoms in total. The van der Waals surface area contributed by atoms with Crippen LogP contribution in [0.15, 0.2) is 56.8 Å². The molecular formula is C23H23N5O3S. The molecule has 4 aromatic rings. The lowest BCUT2D eigenvalue weighted by Gasteiger charge is -2.13. The minimum atomic E-state index is -0.382. The second-order valence-electron chi connectivity index (χ2n) is 7.84. The number of fused-ring (bicyclic) bond motifs is 1. The molecule has 164 valence electrons.